The largest absolute Gasteiger partial charge is 0.329 e. The summed E-state index contributed by atoms with van der Waals surface area (Å²) in [5.74, 6) is -0.731. The molecule has 1 aliphatic rings. The summed E-state index contributed by atoms with van der Waals surface area (Å²) in [5.41, 5.74) is 0.912. The van der Waals surface area contributed by atoms with Crippen molar-refractivity contribution in [2.75, 3.05) is 13.1 Å². The fraction of sp³-hybridized carbons (Fsp3) is 0.385. The van der Waals surface area contributed by atoms with Gasteiger partial charge in [-0.25, -0.2) is 9.52 Å². The average molecular weight is 324 g/mol. The minimum atomic E-state index is -3.79. The predicted molar refractivity (Wildman–Crippen MR) is 80.4 cm³/mol. The van der Waals surface area contributed by atoms with Gasteiger partial charge in [0.1, 0.15) is 6.54 Å². The first kappa shape index (κ1) is 14.8. The van der Waals surface area contributed by atoms with Gasteiger partial charge < -0.3 is 0 Å². The number of nitrogens with zero attached hydrogens (tertiary/aromatic N) is 3. The molecule has 1 aliphatic heterocycles. The van der Waals surface area contributed by atoms with Crippen LogP contribution >= 0.6 is 0 Å². The summed E-state index contributed by atoms with van der Waals surface area (Å²) in [4.78, 5) is 24.2. The normalized spacial score (nSPS) is 15.7. The first-order valence-corrected chi connectivity index (χ1v) is 8.29. The van der Waals surface area contributed by atoms with Crippen LogP contribution in [-0.2, 0) is 28.6 Å². The number of carbonyl (C=O) groups is 1. The molecular formula is C13H16N4O4S. The minimum absolute atomic E-state index is 0.340. The van der Waals surface area contributed by atoms with Gasteiger partial charge in [-0.05, 0) is 18.6 Å². The summed E-state index contributed by atoms with van der Waals surface area (Å²) in [6.45, 7) is 0.487. The van der Waals surface area contributed by atoms with Crippen LogP contribution in [0.4, 0.5) is 0 Å². The number of rotatable bonds is 4. The third-order valence-electron chi connectivity index (χ3n) is 3.75. The molecular weight excluding hydrogens is 308 g/mol. The Kier molecular flexibility index (Phi) is 3.53. The maximum absolute atomic E-state index is 12.2. The number of nitrogens with one attached hydrogen (secondary N) is 1. The molecule has 1 aromatic heterocycles. The minimum Gasteiger partial charge on any atom is -0.295 e. The molecule has 0 saturated carbocycles. The Morgan fingerprint density at radius 3 is 2.45 bits per heavy atom. The van der Waals surface area contributed by atoms with Crippen molar-refractivity contribution >= 4 is 27.1 Å². The highest BCUT2D eigenvalue weighted by Gasteiger charge is 2.29. The van der Waals surface area contributed by atoms with E-state index in [2.05, 4.69) is 0 Å². The predicted octanol–water partition coefficient (Wildman–Crippen LogP) is -0.593. The highest BCUT2D eigenvalue weighted by atomic mass is 32.2. The van der Waals surface area contributed by atoms with Gasteiger partial charge in [-0.3, -0.25) is 13.9 Å². The molecule has 2 aromatic rings. The zero-order valence-electron chi connectivity index (χ0n) is 12.0. The molecule has 0 unspecified atom stereocenters. The van der Waals surface area contributed by atoms with Crippen molar-refractivity contribution in [2.45, 2.75) is 13.0 Å². The second-order valence-corrected chi connectivity index (χ2v) is 6.87. The first-order chi connectivity index (χ1) is 10.4. The molecule has 1 aromatic carbocycles. The summed E-state index contributed by atoms with van der Waals surface area (Å²) >= 11 is 0. The van der Waals surface area contributed by atoms with Crippen LogP contribution in [0.5, 0.6) is 0 Å². The lowest BCUT2D eigenvalue weighted by Crippen LogP contribution is -2.50. The number of aromatic nitrogens is 2. The van der Waals surface area contributed by atoms with Crippen molar-refractivity contribution in [3.63, 3.8) is 0 Å². The number of hydrogen-bond donors (Lipinski definition) is 1. The Balaban J connectivity index is 1.86. The number of para-hydroxylation sites is 2. The van der Waals surface area contributed by atoms with Gasteiger partial charge in [0.05, 0.1) is 11.0 Å². The second-order valence-electron chi connectivity index (χ2n) is 5.20. The van der Waals surface area contributed by atoms with Crippen molar-refractivity contribution in [3.8, 4) is 0 Å². The Morgan fingerprint density at radius 2 is 1.86 bits per heavy atom. The maximum Gasteiger partial charge on any atom is 0.329 e. The van der Waals surface area contributed by atoms with Crippen LogP contribution in [0.25, 0.3) is 11.0 Å². The van der Waals surface area contributed by atoms with Crippen molar-refractivity contribution in [3.05, 3.63) is 34.7 Å². The van der Waals surface area contributed by atoms with Gasteiger partial charge in [0.15, 0.2) is 0 Å². The SMILES string of the molecule is Cn1c(=O)n(CC(=O)NS(=O)(=O)N2CCC2)c2ccccc21. The third-order valence-corrected chi connectivity index (χ3v) is 5.28. The van der Waals surface area contributed by atoms with E-state index in [9.17, 15) is 18.0 Å². The molecule has 1 saturated heterocycles. The van der Waals surface area contributed by atoms with E-state index in [1.165, 1.54) is 13.4 Å². The van der Waals surface area contributed by atoms with Crippen LogP contribution in [0.2, 0.25) is 0 Å². The summed E-state index contributed by atoms with van der Waals surface area (Å²) in [6, 6.07) is 7.03. The van der Waals surface area contributed by atoms with Crippen LogP contribution < -0.4 is 10.4 Å². The molecule has 0 spiro atoms. The van der Waals surface area contributed by atoms with E-state index in [1.54, 1.807) is 31.3 Å². The fourth-order valence-electron chi connectivity index (χ4n) is 2.43. The average Bonchev–Trinajstić information content (AvgIpc) is 2.61. The monoisotopic (exact) mass is 324 g/mol. The van der Waals surface area contributed by atoms with E-state index in [0.29, 0.717) is 24.1 Å². The van der Waals surface area contributed by atoms with E-state index >= 15 is 0 Å². The van der Waals surface area contributed by atoms with Gasteiger partial charge >= 0.3 is 15.9 Å². The molecule has 2 heterocycles. The maximum atomic E-state index is 12.2. The van der Waals surface area contributed by atoms with Crippen molar-refractivity contribution < 1.29 is 13.2 Å². The standard InChI is InChI=1S/C13H16N4O4S/c1-15-10-5-2-3-6-11(10)17(13(15)19)9-12(18)14-22(20,21)16-7-4-8-16/h2-3,5-6H,4,7-9H2,1H3,(H,14,18). The summed E-state index contributed by atoms with van der Waals surface area (Å²) < 4.78 is 29.6. The molecule has 9 heteroatoms. The number of imidazole rings is 1. The van der Waals surface area contributed by atoms with Gasteiger partial charge in [0.25, 0.3) is 5.91 Å². The smallest absolute Gasteiger partial charge is 0.295 e. The molecule has 1 amide bonds. The van der Waals surface area contributed by atoms with Crippen LogP contribution in [0.1, 0.15) is 6.42 Å². The lowest BCUT2D eigenvalue weighted by atomic mass is 10.3. The molecule has 1 fully saturated rings. The van der Waals surface area contributed by atoms with E-state index in [-0.39, 0.29) is 12.2 Å². The molecule has 22 heavy (non-hydrogen) atoms. The van der Waals surface area contributed by atoms with Gasteiger partial charge in [0, 0.05) is 20.1 Å². The number of carbonyl (C=O) groups excluding carboxylic acids is 1. The first-order valence-electron chi connectivity index (χ1n) is 6.85. The molecule has 1 N–H and O–H groups in total. The van der Waals surface area contributed by atoms with Crippen LogP contribution in [0, 0.1) is 0 Å². The van der Waals surface area contributed by atoms with E-state index in [4.69, 9.17) is 0 Å². The molecule has 0 bridgehead atoms. The number of aryl methyl sites for hydroxylation is 1. The highest BCUT2D eigenvalue weighted by Crippen LogP contribution is 2.12. The Labute approximate surface area is 127 Å². The summed E-state index contributed by atoms with van der Waals surface area (Å²) in [5, 5.41) is 0. The van der Waals surface area contributed by atoms with Gasteiger partial charge in [-0.2, -0.15) is 12.7 Å². The Bertz CT molecular complexity index is 892. The quantitative estimate of drug-likeness (QED) is 0.813. The summed E-state index contributed by atoms with van der Waals surface area (Å²) in [7, 11) is -2.18. The van der Waals surface area contributed by atoms with Gasteiger partial charge in [-0.1, -0.05) is 12.1 Å². The molecule has 0 atom stereocenters. The fourth-order valence-corrected chi connectivity index (χ4v) is 3.65. The Hall–Kier alpha value is -2.13. The van der Waals surface area contributed by atoms with Crippen molar-refractivity contribution in [1.82, 2.24) is 18.2 Å². The van der Waals surface area contributed by atoms with Crippen LogP contribution in [0.15, 0.2) is 29.1 Å². The molecule has 0 radical (unpaired) electrons. The lowest BCUT2D eigenvalue weighted by Gasteiger charge is -2.29. The highest BCUT2D eigenvalue weighted by molar-refractivity contribution is 7.87. The zero-order chi connectivity index (χ0) is 15.9. The Morgan fingerprint density at radius 1 is 1.23 bits per heavy atom. The van der Waals surface area contributed by atoms with Crippen LogP contribution in [0.3, 0.4) is 0 Å². The van der Waals surface area contributed by atoms with E-state index in [0.717, 1.165) is 6.42 Å². The summed E-state index contributed by atoms with van der Waals surface area (Å²) in [6.07, 6.45) is 0.790. The lowest BCUT2D eigenvalue weighted by molar-refractivity contribution is -0.120. The van der Waals surface area contributed by atoms with Crippen molar-refractivity contribution in [1.29, 1.82) is 0 Å². The number of benzene rings is 1. The number of hydrogen-bond acceptors (Lipinski definition) is 4. The van der Waals surface area contributed by atoms with Crippen LogP contribution in [-0.4, -0.2) is 40.9 Å². The third kappa shape index (κ3) is 2.42. The molecule has 8 nitrogen and oxygen atoms in total. The molecule has 3 rings (SSSR count). The van der Waals surface area contributed by atoms with Gasteiger partial charge in [-0.15, -0.1) is 0 Å². The van der Waals surface area contributed by atoms with Gasteiger partial charge in [0.2, 0.25) is 0 Å². The number of amides is 1. The topological polar surface area (TPSA) is 93.4 Å². The van der Waals surface area contributed by atoms with E-state index < -0.39 is 16.1 Å². The van der Waals surface area contributed by atoms with E-state index in [1.807, 2.05) is 4.72 Å². The number of fused-ring (bicyclic) bond motifs is 1. The van der Waals surface area contributed by atoms with Crippen molar-refractivity contribution in [2.24, 2.45) is 7.05 Å². The molecule has 118 valence electrons. The second kappa shape index (κ2) is 5.25. The zero-order valence-corrected chi connectivity index (χ0v) is 12.8. The molecule has 0 aliphatic carbocycles.